The Bertz CT molecular complexity index is 906. The average Bonchev–Trinajstić information content (AvgIpc) is 3.16. The molecule has 2 heterocycles. The highest BCUT2D eigenvalue weighted by Gasteiger charge is 2.15. The summed E-state index contributed by atoms with van der Waals surface area (Å²) in [5.74, 6) is 0.760. The first-order chi connectivity index (χ1) is 13.5. The number of rotatable bonds is 7. The van der Waals surface area contributed by atoms with Gasteiger partial charge in [-0.15, -0.1) is 10.2 Å². The Morgan fingerprint density at radius 3 is 2.68 bits per heavy atom. The Kier molecular flexibility index (Phi) is 6.37. The van der Waals surface area contributed by atoms with E-state index in [1.807, 2.05) is 47.0 Å². The van der Waals surface area contributed by atoms with Crippen LogP contribution in [0.4, 0.5) is 10.5 Å². The van der Waals surface area contributed by atoms with Crippen LogP contribution in [-0.2, 0) is 19.4 Å². The SMILES string of the molecule is CC(C)n1cnnc1CN(C)C(=O)Nc1ccccc1CCc1ccccn1. The molecule has 0 radical (unpaired) electrons. The highest BCUT2D eigenvalue weighted by atomic mass is 16.2. The van der Waals surface area contributed by atoms with Crippen molar-refractivity contribution in [2.45, 2.75) is 39.3 Å². The van der Waals surface area contributed by atoms with Gasteiger partial charge in [0.25, 0.3) is 0 Å². The van der Waals surface area contributed by atoms with Crippen LogP contribution in [0.25, 0.3) is 0 Å². The van der Waals surface area contributed by atoms with Gasteiger partial charge in [-0.05, 0) is 50.5 Å². The van der Waals surface area contributed by atoms with Crippen LogP contribution in [0.15, 0.2) is 55.0 Å². The Morgan fingerprint density at radius 1 is 1.14 bits per heavy atom. The lowest BCUT2D eigenvalue weighted by molar-refractivity contribution is 0.218. The van der Waals surface area contributed by atoms with Gasteiger partial charge in [0.1, 0.15) is 6.33 Å². The number of benzene rings is 1. The molecule has 1 N–H and O–H groups in total. The van der Waals surface area contributed by atoms with Crippen LogP contribution in [0.5, 0.6) is 0 Å². The Morgan fingerprint density at radius 2 is 1.93 bits per heavy atom. The van der Waals surface area contributed by atoms with Crippen LogP contribution >= 0.6 is 0 Å². The summed E-state index contributed by atoms with van der Waals surface area (Å²) < 4.78 is 1.96. The molecule has 2 aromatic heterocycles. The molecule has 0 aliphatic heterocycles. The lowest BCUT2D eigenvalue weighted by atomic mass is 10.1. The molecule has 0 atom stereocenters. The number of hydrogen-bond acceptors (Lipinski definition) is 4. The van der Waals surface area contributed by atoms with E-state index in [0.717, 1.165) is 35.6 Å². The van der Waals surface area contributed by atoms with Gasteiger partial charge in [0.2, 0.25) is 0 Å². The molecule has 0 bridgehead atoms. The van der Waals surface area contributed by atoms with Crippen molar-refractivity contribution >= 4 is 11.7 Å². The molecule has 0 fully saturated rings. The fourth-order valence-electron chi connectivity index (χ4n) is 2.97. The molecule has 0 aliphatic rings. The molecule has 2 amide bonds. The number of anilines is 1. The lowest BCUT2D eigenvalue weighted by Crippen LogP contribution is -2.32. The summed E-state index contributed by atoms with van der Waals surface area (Å²) >= 11 is 0. The summed E-state index contributed by atoms with van der Waals surface area (Å²) in [7, 11) is 1.76. The third-order valence-electron chi connectivity index (χ3n) is 4.56. The van der Waals surface area contributed by atoms with E-state index < -0.39 is 0 Å². The minimum atomic E-state index is -0.177. The highest BCUT2D eigenvalue weighted by Crippen LogP contribution is 2.18. The van der Waals surface area contributed by atoms with E-state index in [2.05, 4.69) is 34.3 Å². The van der Waals surface area contributed by atoms with Gasteiger partial charge < -0.3 is 14.8 Å². The van der Waals surface area contributed by atoms with Crippen molar-refractivity contribution in [2.75, 3.05) is 12.4 Å². The van der Waals surface area contributed by atoms with Gasteiger partial charge in [-0.3, -0.25) is 4.98 Å². The number of carbonyl (C=O) groups is 1. The maximum absolute atomic E-state index is 12.7. The highest BCUT2D eigenvalue weighted by molar-refractivity contribution is 5.89. The number of carbonyl (C=O) groups excluding carboxylic acids is 1. The topological polar surface area (TPSA) is 75.9 Å². The van der Waals surface area contributed by atoms with Gasteiger partial charge in [-0.25, -0.2) is 4.79 Å². The smallest absolute Gasteiger partial charge is 0.320 e. The number of urea groups is 1. The van der Waals surface area contributed by atoms with Crippen molar-refractivity contribution in [3.8, 4) is 0 Å². The quantitative estimate of drug-likeness (QED) is 0.680. The zero-order chi connectivity index (χ0) is 19.9. The maximum atomic E-state index is 12.7. The Labute approximate surface area is 165 Å². The third kappa shape index (κ3) is 4.94. The second-order valence-corrected chi connectivity index (χ2v) is 7.01. The van der Waals surface area contributed by atoms with Gasteiger partial charge in [0.05, 0.1) is 6.54 Å². The number of amides is 2. The maximum Gasteiger partial charge on any atom is 0.322 e. The predicted molar refractivity (Wildman–Crippen MR) is 109 cm³/mol. The fourth-order valence-corrected chi connectivity index (χ4v) is 2.97. The first kappa shape index (κ1) is 19.5. The van der Waals surface area contributed by atoms with Gasteiger partial charge >= 0.3 is 6.03 Å². The fraction of sp³-hybridized carbons (Fsp3) is 0.333. The van der Waals surface area contributed by atoms with Crippen LogP contribution in [0, 0.1) is 0 Å². The van der Waals surface area contributed by atoms with Gasteiger partial charge in [0, 0.05) is 30.7 Å². The van der Waals surface area contributed by atoms with E-state index in [1.54, 1.807) is 24.5 Å². The van der Waals surface area contributed by atoms with Gasteiger partial charge in [-0.2, -0.15) is 0 Å². The summed E-state index contributed by atoms with van der Waals surface area (Å²) in [6.07, 6.45) is 5.12. The van der Waals surface area contributed by atoms with Crippen LogP contribution in [0.2, 0.25) is 0 Å². The standard InChI is InChI=1S/C21H26N6O/c1-16(2)27-15-23-25-20(27)14-26(3)21(28)24-19-10-5-4-8-17(19)11-12-18-9-6-7-13-22-18/h4-10,13,15-16H,11-12,14H2,1-3H3,(H,24,28). The van der Waals surface area contributed by atoms with Crippen molar-refractivity contribution in [1.82, 2.24) is 24.6 Å². The van der Waals surface area contributed by atoms with E-state index in [9.17, 15) is 4.79 Å². The monoisotopic (exact) mass is 378 g/mol. The summed E-state index contributed by atoms with van der Waals surface area (Å²) in [6, 6.07) is 13.9. The molecule has 0 aliphatic carbocycles. The molecule has 1 aromatic carbocycles. The number of pyridine rings is 1. The minimum Gasteiger partial charge on any atom is -0.320 e. The van der Waals surface area contributed by atoms with E-state index >= 15 is 0 Å². The summed E-state index contributed by atoms with van der Waals surface area (Å²) in [6.45, 7) is 4.51. The summed E-state index contributed by atoms with van der Waals surface area (Å²) in [5, 5.41) is 11.1. The number of hydrogen-bond donors (Lipinski definition) is 1. The molecule has 0 saturated heterocycles. The minimum absolute atomic E-state index is 0.177. The first-order valence-corrected chi connectivity index (χ1v) is 9.43. The van der Waals surface area contributed by atoms with E-state index in [-0.39, 0.29) is 12.1 Å². The van der Waals surface area contributed by atoms with Gasteiger partial charge in [0.15, 0.2) is 5.82 Å². The van der Waals surface area contributed by atoms with Crippen molar-refractivity contribution in [3.05, 3.63) is 72.1 Å². The molecule has 146 valence electrons. The molecule has 0 spiro atoms. The predicted octanol–water partition coefficient (Wildman–Crippen LogP) is 3.70. The molecule has 7 nitrogen and oxygen atoms in total. The number of nitrogens with one attached hydrogen (secondary N) is 1. The summed E-state index contributed by atoms with van der Waals surface area (Å²) in [4.78, 5) is 18.7. The number of para-hydroxylation sites is 1. The molecular weight excluding hydrogens is 352 g/mol. The van der Waals surface area contributed by atoms with Crippen LogP contribution < -0.4 is 5.32 Å². The zero-order valence-electron chi connectivity index (χ0n) is 16.5. The number of aryl methyl sites for hydroxylation is 2. The van der Waals surface area contributed by atoms with Crippen LogP contribution in [0.3, 0.4) is 0 Å². The Hall–Kier alpha value is -3.22. The molecule has 0 unspecified atom stereocenters. The number of aromatic nitrogens is 4. The average molecular weight is 378 g/mol. The van der Waals surface area contributed by atoms with E-state index in [1.165, 1.54) is 0 Å². The van der Waals surface area contributed by atoms with Crippen LogP contribution in [-0.4, -0.2) is 37.7 Å². The molecule has 3 rings (SSSR count). The molecule has 3 aromatic rings. The van der Waals surface area contributed by atoms with E-state index in [4.69, 9.17) is 0 Å². The zero-order valence-corrected chi connectivity index (χ0v) is 16.5. The molecule has 0 saturated carbocycles. The number of nitrogens with zero attached hydrogens (tertiary/aromatic N) is 5. The van der Waals surface area contributed by atoms with Gasteiger partial charge in [-0.1, -0.05) is 24.3 Å². The van der Waals surface area contributed by atoms with Crippen molar-refractivity contribution in [3.63, 3.8) is 0 Å². The molecule has 28 heavy (non-hydrogen) atoms. The van der Waals surface area contributed by atoms with Crippen molar-refractivity contribution in [1.29, 1.82) is 0 Å². The molecule has 7 heteroatoms. The van der Waals surface area contributed by atoms with Crippen LogP contribution in [0.1, 0.15) is 37.0 Å². The normalized spacial score (nSPS) is 10.9. The summed E-state index contributed by atoms with van der Waals surface area (Å²) in [5.41, 5.74) is 2.94. The van der Waals surface area contributed by atoms with E-state index in [0.29, 0.717) is 6.54 Å². The second-order valence-electron chi connectivity index (χ2n) is 7.01. The first-order valence-electron chi connectivity index (χ1n) is 9.43. The Balaban J connectivity index is 1.64. The van der Waals surface area contributed by atoms with Crippen molar-refractivity contribution < 1.29 is 4.79 Å². The largest absolute Gasteiger partial charge is 0.322 e. The second kappa shape index (κ2) is 9.12. The van der Waals surface area contributed by atoms with Crippen molar-refractivity contribution in [2.24, 2.45) is 0 Å². The third-order valence-corrected chi connectivity index (χ3v) is 4.56. The molecular formula is C21H26N6O. The lowest BCUT2D eigenvalue weighted by Gasteiger charge is -2.20.